The van der Waals surface area contributed by atoms with E-state index in [-0.39, 0.29) is 12.6 Å². The lowest BCUT2D eigenvalue weighted by Crippen LogP contribution is -2.10. The predicted molar refractivity (Wildman–Crippen MR) is 52.5 cm³/mol. The Morgan fingerprint density at radius 3 is 2.85 bits per heavy atom. The highest BCUT2D eigenvalue weighted by Gasteiger charge is 2.05. The number of halogens is 1. The molecule has 1 aromatic rings. The lowest BCUT2D eigenvalue weighted by atomic mass is 10.1. The molecule has 0 aromatic carbocycles. The number of pyridine rings is 1. The van der Waals surface area contributed by atoms with E-state index in [1.165, 1.54) is 0 Å². The Kier molecular flexibility index (Phi) is 4.15. The van der Waals surface area contributed by atoms with Gasteiger partial charge in [-0.2, -0.15) is 0 Å². The molecule has 0 aliphatic carbocycles. The Balaban J connectivity index is 2.55. The van der Waals surface area contributed by atoms with Crippen LogP contribution in [-0.2, 0) is 0 Å². The molecular formula is C9H13ClN2O. The van der Waals surface area contributed by atoms with Gasteiger partial charge in [-0.1, -0.05) is 17.7 Å². The molecule has 0 amide bonds. The molecule has 1 heterocycles. The van der Waals surface area contributed by atoms with Gasteiger partial charge in [0, 0.05) is 18.8 Å². The molecule has 0 saturated carbocycles. The summed E-state index contributed by atoms with van der Waals surface area (Å²) in [5.74, 6) is 0. The molecule has 1 atom stereocenters. The van der Waals surface area contributed by atoms with E-state index >= 15 is 0 Å². The van der Waals surface area contributed by atoms with E-state index in [9.17, 15) is 0 Å². The van der Waals surface area contributed by atoms with Gasteiger partial charge in [0.15, 0.2) is 0 Å². The molecule has 13 heavy (non-hydrogen) atoms. The van der Waals surface area contributed by atoms with Gasteiger partial charge in [0.25, 0.3) is 0 Å². The van der Waals surface area contributed by atoms with E-state index in [0.29, 0.717) is 11.6 Å². The van der Waals surface area contributed by atoms with Crippen molar-refractivity contribution in [3.8, 4) is 0 Å². The number of nitrogens with zero attached hydrogens (tertiary/aromatic N) is 1. The van der Waals surface area contributed by atoms with Gasteiger partial charge in [-0.05, 0) is 24.5 Å². The average Bonchev–Trinajstić information content (AvgIpc) is 2.15. The average molecular weight is 201 g/mol. The largest absolute Gasteiger partial charge is 0.396 e. The molecule has 0 bridgehead atoms. The van der Waals surface area contributed by atoms with Crippen molar-refractivity contribution in [2.75, 3.05) is 6.61 Å². The maximum Gasteiger partial charge on any atom is 0.129 e. The van der Waals surface area contributed by atoms with E-state index in [2.05, 4.69) is 4.98 Å². The molecule has 3 nitrogen and oxygen atoms in total. The van der Waals surface area contributed by atoms with Gasteiger partial charge in [0.1, 0.15) is 5.15 Å². The van der Waals surface area contributed by atoms with Gasteiger partial charge in [-0.3, -0.25) is 0 Å². The summed E-state index contributed by atoms with van der Waals surface area (Å²) in [5.41, 5.74) is 6.79. The lowest BCUT2D eigenvalue weighted by Gasteiger charge is -2.09. The first-order chi connectivity index (χ1) is 6.24. The van der Waals surface area contributed by atoms with Crippen molar-refractivity contribution in [2.45, 2.75) is 18.9 Å². The van der Waals surface area contributed by atoms with Crippen LogP contribution >= 0.6 is 11.6 Å². The minimum Gasteiger partial charge on any atom is -0.396 e. The van der Waals surface area contributed by atoms with Gasteiger partial charge in [0.05, 0.1) is 0 Å². The van der Waals surface area contributed by atoms with E-state index < -0.39 is 0 Å². The quantitative estimate of drug-likeness (QED) is 0.725. The number of aliphatic hydroxyl groups excluding tert-OH is 1. The summed E-state index contributed by atoms with van der Waals surface area (Å²) >= 11 is 5.63. The fourth-order valence-corrected chi connectivity index (χ4v) is 1.20. The monoisotopic (exact) mass is 200 g/mol. The number of rotatable bonds is 4. The molecule has 0 fully saturated rings. The standard InChI is InChI=1S/C9H13ClN2O/c10-9-4-3-7(6-12-9)8(11)2-1-5-13/h3-4,6,8,13H,1-2,5,11H2/t8-/m1/s1. The summed E-state index contributed by atoms with van der Waals surface area (Å²) in [4.78, 5) is 3.93. The topological polar surface area (TPSA) is 59.1 Å². The second kappa shape index (κ2) is 5.17. The molecule has 0 saturated heterocycles. The van der Waals surface area contributed by atoms with E-state index in [1.54, 1.807) is 12.3 Å². The summed E-state index contributed by atoms with van der Waals surface area (Å²) in [5, 5.41) is 9.08. The van der Waals surface area contributed by atoms with Crippen molar-refractivity contribution in [3.05, 3.63) is 29.0 Å². The Hall–Kier alpha value is -0.640. The minimum absolute atomic E-state index is 0.0584. The zero-order chi connectivity index (χ0) is 9.68. The Morgan fingerprint density at radius 2 is 2.31 bits per heavy atom. The first kappa shape index (κ1) is 10.4. The van der Waals surface area contributed by atoms with Crippen molar-refractivity contribution < 1.29 is 5.11 Å². The fraction of sp³-hybridized carbons (Fsp3) is 0.444. The number of nitrogens with two attached hydrogens (primary N) is 1. The minimum atomic E-state index is -0.0584. The third-order valence-electron chi connectivity index (χ3n) is 1.85. The molecular weight excluding hydrogens is 188 g/mol. The van der Waals surface area contributed by atoms with Crippen molar-refractivity contribution in [1.29, 1.82) is 0 Å². The van der Waals surface area contributed by atoms with Crippen LogP contribution in [0.25, 0.3) is 0 Å². The normalized spacial score (nSPS) is 12.8. The first-order valence-electron chi connectivity index (χ1n) is 4.22. The molecule has 1 aromatic heterocycles. The van der Waals surface area contributed by atoms with Gasteiger partial charge >= 0.3 is 0 Å². The first-order valence-corrected chi connectivity index (χ1v) is 4.59. The van der Waals surface area contributed by atoms with Crippen LogP contribution in [0, 0.1) is 0 Å². The number of aromatic nitrogens is 1. The van der Waals surface area contributed by atoms with Gasteiger partial charge in [0.2, 0.25) is 0 Å². The van der Waals surface area contributed by atoms with Gasteiger partial charge in [-0.25, -0.2) is 4.98 Å². The van der Waals surface area contributed by atoms with Crippen LogP contribution in [0.3, 0.4) is 0 Å². The van der Waals surface area contributed by atoms with E-state index in [0.717, 1.165) is 12.0 Å². The fourth-order valence-electron chi connectivity index (χ4n) is 1.08. The summed E-state index contributed by atoms with van der Waals surface area (Å²) in [6.45, 7) is 0.175. The molecule has 0 aliphatic heterocycles. The smallest absolute Gasteiger partial charge is 0.129 e. The summed E-state index contributed by atoms with van der Waals surface area (Å²) in [7, 11) is 0. The highest BCUT2D eigenvalue weighted by Crippen LogP contribution is 2.15. The Bertz CT molecular complexity index is 250. The van der Waals surface area contributed by atoms with Crippen LogP contribution in [-0.4, -0.2) is 16.7 Å². The molecule has 0 radical (unpaired) electrons. The Labute approximate surface area is 82.5 Å². The van der Waals surface area contributed by atoms with E-state index in [4.69, 9.17) is 22.4 Å². The maximum atomic E-state index is 8.61. The molecule has 4 heteroatoms. The second-order valence-corrected chi connectivity index (χ2v) is 3.27. The van der Waals surface area contributed by atoms with Gasteiger partial charge in [-0.15, -0.1) is 0 Å². The molecule has 0 unspecified atom stereocenters. The van der Waals surface area contributed by atoms with Crippen LogP contribution in [0.4, 0.5) is 0 Å². The van der Waals surface area contributed by atoms with Crippen LogP contribution in [0.1, 0.15) is 24.4 Å². The number of hydrogen-bond donors (Lipinski definition) is 2. The van der Waals surface area contributed by atoms with Crippen LogP contribution in [0.5, 0.6) is 0 Å². The third-order valence-corrected chi connectivity index (χ3v) is 2.08. The molecule has 0 aliphatic rings. The van der Waals surface area contributed by atoms with Crippen molar-refractivity contribution in [3.63, 3.8) is 0 Å². The summed E-state index contributed by atoms with van der Waals surface area (Å²) in [6.07, 6.45) is 3.15. The Morgan fingerprint density at radius 1 is 1.54 bits per heavy atom. The van der Waals surface area contributed by atoms with Crippen molar-refractivity contribution in [2.24, 2.45) is 5.73 Å². The number of aliphatic hydroxyl groups is 1. The van der Waals surface area contributed by atoms with Crippen molar-refractivity contribution >= 4 is 11.6 Å². The second-order valence-electron chi connectivity index (χ2n) is 2.89. The highest BCUT2D eigenvalue weighted by atomic mass is 35.5. The lowest BCUT2D eigenvalue weighted by molar-refractivity contribution is 0.280. The molecule has 72 valence electrons. The SMILES string of the molecule is N[C@H](CCCO)c1ccc(Cl)nc1. The zero-order valence-corrected chi connectivity index (χ0v) is 8.04. The molecule has 1 rings (SSSR count). The molecule has 3 N–H and O–H groups in total. The molecule has 0 spiro atoms. The zero-order valence-electron chi connectivity index (χ0n) is 7.28. The predicted octanol–water partition coefficient (Wildman–Crippen LogP) is 1.51. The number of hydrogen-bond acceptors (Lipinski definition) is 3. The van der Waals surface area contributed by atoms with Crippen LogP contribution < -0.4 is 5.73 Å². The highest BCUT2D eigenvalue weighted by molar-refractivity contribution is 6.29. The third kappa shape index (κ3) is 3.30. The maximum absolute atomic E-state index is 8.61. The summed E-state index contributed by atoms with van der Waals surface area (Å²) < 4.78 is 0. The van der Waals surface area contributed by atoms with Gasteiger partial charge < -0.3 is 10.8 Å². The van der Waals surface area contributed by atoms with Crippen LogP contribution in [0.15, 0.2) is 18.3 Å². The summed E-state index contributed by atoms with van der Waals surface area (Å²) in [6, 6.07) is 3.52. The van der Waals surface area contributed by atoms with E-state index in [1.807, 2.05) is 6.07 Å². The van der Waals surface area contributed by atoms with Crippen LogP contribution in [0.2, 0.25) is 5.15 Å². The van der Waals surface area contributed by atoms with Crippen molar-refractivity contribution in [1.82, 2.24) is 4.98 Å².